The molecule has 1 atom stereocenters. The number of rotatable bonds is 3. The number of thioether (sulfide) groups is 1. The highest BCUT2D eigenvalue weighted by atomic mass is 35.5. The maximum absolute atomic E-state index is 12.1. The molecule has 1 aromatic rings. The van der Waals surface area contributed by atoms with E-state index in [2.05, 4.69) is 19.2 Å². The number of nitrogens with zero attached hydrogens (tertiary/aromatic N) is 1. The molecule has 1 saturated heterocycles. The molecule has 3 nitrogen and oxygen atoms in total. The molecule has 1 aromatic carbocycles. The Hall–Kier alpha value is -0.870. The van der Waals surface area contributed by atoms with Crippen molar-refractivity contribution in [1.82, 2.24) is 4.90 Å². The molecule has 1 amide bonds. The van der Waals surface area contributed by atoms with E-state index >= 15 is 0 Å². The van der Waals surface area contributed by atoms with Gasteiger partial charge >= 0.3 is 0 Å². The fraction of sp³-hybridized carbons (Fsp3) is 0.562. The summed E-state index contributed by atoms with van der Waals surface area (Å²) in [5.74, 6) is 2.24. The van der Waals surface area contributed by atoms with Crippen molar-refractivity contribution in [3.05, 3.63) is 28.8 Å². The van der Waals surface area contributed by atoms with Crippen molar-refractivity contribution < 1.29 is 4.79 Å². The molecule has 1 aliphatic heterocycles. The second-order valence-electron chi connectivity index (χ2n) is 6.62. The fourth-order valence-corrected chi connectivity index (χ4v) is 4.08. The Morgan fingerprint density at radius 3 is 2.76 bits per heavy atom. The Labute approximate surface area is 136 Å². The van der Waals surface area contributed by atoms with Gasteiger partial charge in [0.15, 0.2) is 0 Å². The Morgan fingerprint density at radius 1 is 1.43 bits per heavy atom. The maximum Gasteiger partial charge on any atom is 0.254 e. The van der Waals surface area contributed by atoms with E-state index in [9.17, 15) is 4.79 Å². The van der Waals surface area contributed by atoms with Gasteiger partial charge < -0.3 is 10.2 Å². The van der Waals surface area contributed by atoms with Crippen LogP contribution in [0.2, 0.25) is 5.02 Å². The molecule has 2 rings (SSSR count). The maximum atomic E-state index is 12.1. The summed E-state index contributed by atoms with van der Waals surface area (Å²) >= 11 is 8.13. The van der Waals surface area contributed by atoms with E-state index in [0.717, 1.165) is 17.9 Å². The lowest BCUT2D eigenvalue weighted by Crippen LogP contribution is -2.35. The van der Waals surface area contributed by atoms with E-state index in [4.69, 9.17) is 11.6 Å². The number of hydrogen-bond acceptors (Lipinski definition) is 3. The number of amides is 1. The van der Waals surface area contributed by atoms with Gasteiger partial charge in [-0.15, -0.1) is 0 Å². The van der Waals surface area contributed by atoms with Gasteiger partial charge in [-0.05, 0) is 35.8 Å². The van der Waals surface area contributed by atoms with Crippen molar-refractivity contribution in [3.8, 4) is 0 Å². The molecule has 0 aromatic heterocycles. The minimum atomic E-state index is -0.0676. The lowest BCUT2D eigenvalue weighted by molar-refractivity contribution is 0.0828. The zero-order valence-electron chi connectivity index (χ0n) is 13.1. The normalized spacial score (nSPS) is 20.9. The van der Waals surface area contributed by atoms with E-state index in [1.54, 1.807) is 25.1 Å². The van der Waals surface area contributed by atoms with Crippen molar-refractivity contribution in [3.63, 3.8) is 0 Å². The molecule has 0 bridgehead atoms. The third-order valence-corrected chi connectivity index (χ3v) is 5.54. The van der Waals surface area contributed by atoms with Gasteiger partial charge in [-0.1, -0.05) is 25.4 Å². The van der Waals surface area contributed by atoms with Crippen molar-refractivity contribution >= 4 is 35.0 Å². The molecule has 0 aliphatic carbocycles. The van der Waals surface area contributed by atoms with Crippen LogP contribution in [0, 0.1) is 5.41 Å². The van der Waals surface area contributed by atoms with Crippen LogP contribution in [0.25, 0.3) is 0 Å². The van der Waals surface area contributed by atoms with Crippen LogP contribution in [0.4, 0.5) is 5.69 Å². The summed E-state index contributed by atoms with van der Waals surface area (Å²) in [6, 6.07) is 6.03. The van der Waals surface area contributed by atoms with Gasteiger partial charge in [-0.3, -0.25) is 4.79 Å². The monoisotopic (exact) mass is 326 g/mol. The number of hydrogen-bond donors (Lipinski definition) is 1. The van der Waals surface area contributed by atoms with Crippen molar-refractivity contribution in [2.45, 2.75) is 26.3 Å². The van der Waals surface area contributed by atoms with Gasteiger partial charge in [0.1, 0.15) is 0 Å². The van der Waals surface area contributed by atoms with Crippen LogP contribution in [0.1, 0.15) is 30.6 Å². The predicted octanol–water partition coefficient (Wildman–Crippen LogP) is 3.99. The lowest BCUT2D eigenvalue weighted by atomic mass is 9.88. The second kappa shape index (κ2) is 6.49. The first-order valence-electron chi connectivity index (χ1n) is 7.14. The van der Waals surface area contributed by atoms with Gasteiger partial charge in [-0.25, -0.2) is 0 Å². The number of carbonyl (C=O) groups excluding carboxylic acids is 1. The van der Waals surface area contributed by atoms with Gasteiger partial charge in [0.25, 0.3) is 5.91 Å². The molecular formula is C16H23ClN2OS. The lowest BCUT2D eigenvalue weighted by Gasteiger charge is -2.35. The van der Waals surface area contributed by atoms with Crippen LogP contribution < -0.4 is 5.32 Å². The summed E-state index contributed by atoms with van der Waals surface area (Å²) < 4.78 is 0. The summed E-state index contributed by atoms with van der Waals surface area (Å²) in [7, 11) is 3.47. The van der Waals surface area contributed by atoms with Crippen LogP contribution in [-0.4, -0.2) is 42.4 Å². The quantitative estimate of drug-likeness (QED) is 0.911. The molecule has 1 heterocycles. The van der Waals surface area contributed by atoms with Crippen molar-refractivity contribution in [1.29, 1.82) is 0 Å². The van der Waals surface area contributed by atoms with Crippen LogP contribution >= 0.6 is 23.4 Å². The van der Waals surface area contributed by atoms with Gasteiger partial charge in [-0.2, -0.15) is 11.8 Å². The highest BCUT2D eigenvalue weighted by Crippen LogP contribution is 2.35. The number of carbonyl (C=O) groups is 1. The Balaban J connectivity index is 2.14. The van der Waals surface area contributed by atoms with Crippen LogP contribution in [0.15, 0.2) is 18.2 Å². The Kier molecular flexibility index (Phi) is 5.10. The Bertz CT molecular complexity index is 531. The largest absolute Gasteiger partial charge is 0.381 e. The smallest absolute Gasteiger partial charge is 0.254 e. The van der Waals surface area contributed by atoms with E-state index in [1.165, 1.54) is 5.75 Å². The summed E-state index contributed by atoms with van der Waals surface area (Å²) in [6.07, 6.45) is 1.14. The molecule has 116 valence electrons. The third-order valence-electron chi connectivity index (χ3n) is 3.58. The van der Waals surface area contributed by atoms with Crippen molar-refractivity contribution in [2.24, 2.45) is 5.41 Å². The number of nitrogens with one attached hydrogen (secondary N) is 1. The molecule has 1 unspecified atom stereocenters. The number of halogens is 1. The van der Waals surface area contributed by atoms with Crippen LogP contribution in [0.5, 0.6) is 0 Å². The fourth-order valence-electron chi connectivity index (χ4n) is 2.61. The van der Waals surface area contributed by atoms with E-state index in [-0.39, 0.29) is 5.91 Å². The highest BCUT2D eigenvalue weighted by molar-refractivity contribution is 7.99. The number of benzene rings is 1. The molecule has 1 fully saturated rings. The molecule has 1 aliphatic rings. The molecule has 0 radical (unpaired) electrons. The topological polar surface area (TPSA) is 32.3 Å². The highest BCUT2D eigenvalue weighted by Gasteiger charge is 2.28. The molecular weight excluding hydrogens is 304 g/mol. The molecule has 21 heavy (non-hydrogen) atoms. The predicted molar refractivity (Wildman–Crippen MR) is 92.6 cm³/mol. The Morgan fingerprint density at radius 2 is 2.14 bits per heavy atom. The SMILES string of the molecule is CN(C)C(=O)c1cc(NC2CSCC(C)(C)C2)ccc1Cl. The van der Waals surface area contributed by atoms with E-state index in [0.29, 0.717) is 22.0 Å². The molecule has 0 spiro atoms. The van der Waals surface area contributed by atoms with E-state index in [1.807, 2.05) is 23.9 Å². The van der Waals surface area contributed by atoms with Gasteiger partial charge in [0.05, 0.1) is 10.6 Å². The minimum absolute atomic E-state index is 0.0676. The average Bonchev–Trinajstić information content (AvgIpc) is 2.39. The minimum Gasteiger partial charge on any atom is -0.381 e. The standard InChI is InChI=1S/C16H23ClN2OS/c1-16(2)8-12(9-21-10-16)18-11-5-6-14(17)13(7-11)15(20)19(3)4/h5-7,12,18H,8-10H2,1-4H3. The second-order valence-corrected chi connectivity index (χ2v) is 8.06. The first-order chi connectivity index (χ1) is 9.78. The zero-order chi connectivity index (χ0) is 15.6. The molecule has 0 saturated carbocycles. The summed E-state index contributed by atoms with van der Waals surface area (Å²) in [5.41, 5.74) is 1.87. The van der Waals surface area contributed by atoms with Crippen LogP contribution in [-0.2, 0) is 0 Å². The van der Waals surface area contributed by atoms with Gasteiger partial charge in [0, 0.05) is 31.6 Å². The summed E-state index contributed by atoms with van der Waals surface area (Å²) in [6.45, 7) is 4.60. The van der Waals surface area contributed by atoms with E-state index < -0.39 is 0 Å². The first-order valence-corrected chi connectivity index (χ1v) is 8.67. The third kappa shape index (κ3) is 4.30. The first kappa shape index (κ1) is 16.5. The van der Waals surface area contributed by atoms with Gasteiger partial charge in [0.2, 0.25) is 0 Å². The molecule has 5 heteroatoms. The van der Waals surface area contributed by atoms with Crippen LogP contribution in [0.3, 0.4) is 0 Å². The average molecular weight is 327 g/mol. The van der Waals surface area contributed by atoms with Crippen molar-refractivity contribution in [2.75, 3.05) is 30.9 Å². The zero-order valence-corrected chi connectivity index (χ0v) is 14.6. The summed E-state index contributed by atoms with van der Waals surface area (Å²) in [5, 5.41) is 4.05. The molecule has 1 N–H and O–H groups in total. The summed E-state index contributed by atoms with van der Waals surface area (Å²) in [4.78, 5) is 13.7. The number of anilines is 1.